The Hall–Kier alpha value is -0.380. The fourth-order valence-electron chi connectivity index (χ4n) is 3.15. The van der Waals surface area contributed by atoms with Crippen LogP contribution in [0.1, 0.15) is 64.2 Å². The molecule has 1 fully saturated rings. The average molecular weight is 254 g/mol. The second-order valence-electron chi connectivity index (χ2n) is 5.60. The first-order chi connectivity index (χ1) is 8.87. The van der Waals surface area contributed by atoms with Crippen molar-refractivity contribution in [2.45, 2.75) is 70.0 Å². The third-order valence-electron chi connectivity index (χ3n) is 4.26. The highest BCUT2D eigenvalue weighted by atomic mass is 17.1. The molecule has 0 aromatic heterocycles. The lowest BCUT2D eigenvalue weighted by molar-refractivity contribution is -0.409. The molecule has 2 aliphatic rings. The first-order valence-electron chi connectivity index (χ1n) is 7.51. The van der Waals surface area contributed by atoms with Crippen molar-refractivity contribution in [2.75, 3.05) is 6.61 Å². The van der Waals surface area contributed by atoms with Crippen molar-refractivity contribution in [3.05, 3.63) is 12.2 Å². The van der Waals surface area contributed by atoms with Crippen molar-refractivity contribution in [2.24, 2.45) is 5.92 Å². The van der Waals surface area contributed by atoms with E-state index in [1.807, 2.05) is 6.08 Å². The summed E-state index contributed by atoms with van der Waals surface area (Å²) in [5.41, 5.74) is 0. The molecule has 1 heterocycles. The molecule has 0 bridgehead atoms. The van der Waals surface area contributed by atoms with Gasteiger partial charge in [-0.25, -0.2) is 5.26 Å². The Labute approximate surface area is 110 Å². The van der Waals surface area contributed by atoms with Crippen LogP contribution >= 0.6 is 0 Å². The third-order valence-corrected chi connectivity index (χ3v) is 4.26. The molecule has 1 aliphatic heterocycles. The van der Waals surface area contributed by atoms with Crippen molar-refractivity contribution in [1.82, 2.24) is 0 Å². The number of fused-ring (bicyclic) bond motifs is 1. The molecule has 0 aromatic rings. The van der Waals surface area contributed by atoms with E-state index in [-0.39, 0.29) is 0 Å². The number of hydrogen-bond donors (Lipinski definition) is 1. The van der Waals surface area contributed by atoms with E-state index in [2.05, 4.69) is 6.08 Å². The van der Waals surface area contributed by atoms with Gasteiger partial charge in [-0.15, -0.1) is 0 Å². The smallest absolute Gasteiger partial charge is 0.223 e. The Balaban J connectivity index is 2.06. The molecular weight excluding hydrogens is 228 g/mol. The Morgan fingerprint density at radius 2 is 1.72 bits per heavy atom. The second-order valence-corrected chi connectivity index (χ2v) is 5.60. The van der Waals surface area contributed by atoms with Gasteiger partial charge in [-0.1, -0.05) is 38.2 Å². The third kappa shape index (κ3) is 3.56. The molecule has 0 amide bonds. The molecule has 18 heavy (non-hydrogen) atoms. The molecule has 2 rings (SSSR count). The summed E-state index contributed by atoms with van der Waals surface area (Å²) >= 11 is 0. The molecule has 0 radical (unpaired) electrons. The van der Waals surface area contributed by atoms with E-state index in [1.165, 1.54) is 38.5 Å². The predicted octanol–water partition coefficient (Wildman–Crippen LogP) is 4.29. The lowest BCUT2D eigenvalue weighted by Crippen LogP contribution is -2.44. The normalized spacial score (nSPS) is 37.1. The lowest BCUT2D eigenvalue weighted by atomic mass is 9.85. The molecule has 0 aromatic carbocycles. The quantitative estimate of drug-likeness (QED) is 0.431. The van der Waals surface area contributed by atoms with Crippen molar-refractivity contribution < 1.29 is 14.9 Å². The minimum absolute atomic E-state index is 0.298. The van der Waals surface area contributed by atoms with Crippen LogP contribution < -0.4 is 0 Å². The highest BCUT2D eigenvalue weighted by Gasteiger charge is 2.41. The van der Waals surface area contributed by atoms with Crippen LogP contribution in [-0.4, -0.2) is 17.7 Å². The van der Waals surface area contributed by atoms with Crippen LogP contribution in [0.3, 0.4) is 0 Å². The van der Waals surface area contributed by atoms with E-state index < -0.39 is 5.79 Å². The first-order valence-corrected chi connectivity index (χ1v) is 7.51. The van der Waals surface area contributed by atoms with E-state index >= 15 is 0 Å². The summed E-state index contributed by atoms with van der Waals surface area (Å²) in [7, 11) is 0. The van der Waals surface area contributed by atoms with Crippen LogP contribution in [0.2, 0.25) is 0 Å². The summed E-state index contributed by atoms with van der Waals surface area (Å²) in [6.07, 6.45) is 16.1. The van der Waals surface area contributed by atoms with Crippen LogP contribution in [0.4, 0.5) is 0 Å². The highest BCUT2D eigenvalue weighted by Crippen LogP contribution is 2.37. The van der Waals surface area contributed by atoms with Gasteiger partial charge in [0.25, 0.3) is 0 Å². The maximum atomic E-state index is 9.31. The van der Waals surface area contributed by atoms with E-state index in [0.717, 1.165) is 25.7 Å². The van der Waals surface area contributed by atoms with Gasteiger partial charge in [-0.3, -0.25) is 0 Å². The van der Waals surface area contributed by atoms with Crippen molar-refractivity contribution in [3.63, 3.8) is 0 Å². The van der Waals surface area contributed by atoms with E-state index in [9.17, 15) is 5.26 Å². The first kappa shape index (κ1) is 14.0. The maximum absolute atomic E-state index is 9.31. The van der Waals surface area contributed by atoms with Crippen LogP contribution in [0, 0.1) is 5.92 Å². The molecule has 1 saturated heterocycles. The van der Waals surface area contributed by atoms with E-state index in [1.54, 1.807) is 0 Å². The Morgan fingerprint density at radius 3 is 2.56 bits per heavy atom. The Bertz CT molecular complexity index is 264. The van der Waals surface area contributed by atoms with Gasteiger partial charge in [-0.2, -0.15) is 4.89 Å². The van der Waals surface area contributed by atoms with Gasteiger partial charge in [0.05, 0.1) is 6.61 Å². The fourth-order valence-corrected chi connectivity index (χ4v) is 3.15. The minimum atomic E-state index is -0.864. The van der Waals surface area contributed by atoms with Crippen LogP contribution in [-0.2, 0) is 9.62 Å². The fraction of sp³-hybridized carbons (Fsp3) is 0.867. The van der Waals surface area contributed by atoms with Gasteiger partial charge in [0.15, 0.2) is 0 Å². The number of ether oxygens (including phenoxy) is 1. The SMILES string of the molecule is OOC12/C=C/CCCCCCCCC1CCCO2. The molecule has 0 saturated carbocycles. The zero-order valence-corrected chi connectivity index (χ0v) is 11.3. The minimum Gasteiger partial charge on any atom is -0.344 e. The topological polar surface area (TPSA) is 38.7 Å². The van der Waals surface area contributed by atoms with E-state index in [4.69, 9.17) is 9.62 Å². The van der Waals surface area contributed by atoms with Crippen LogP contribution in [0.5, 0.6) is 0 Å². The molecule has 1 N–H and O–H groups in total. The standard InChI is InChI=1S/C15H26O3/c16-18-15-12-8-6-4-2-1-3-5-7-10-14(15)11-9-13-17-15/h8,12,14,16H,1-7,9-11,13H2/b12-8+. The zero-order valence-electron chi connectivity index (χ0n) is 11.3. The summed E-state index contributed by atoms with van der Waals surface area (Å²) < 4.78 is 5.76. The number of hydrogen-bond acceptors (Lipinski definition) is 3. The molecular formula is C15H26O3. The van der Waals surface area contributed by atoms with Crippen molar-refractivity contribution in [3.8, 4) is 0 Å². The summed E-state index contributed by atoms with van der Waals surface area (Å²) in [5, 5.41) is 9.31. The van der Waals surface area contributed by atoms with Crippen LogP contribution in [0.15, 0.2) is 12.2 Å². The molecule has 3 nitrogen and oxygen atoms in total. The van der Waals surface area contributed by atoms with Crippen molar-refractivity contribution >= 4 is 0 Å². The van der Waals surface area contributed by atoms with Crippen LogP contribution in [0.25, 0.3) is 0 Å². The molecule has 2 unspecified atom stereocenters. The molecule has 1 aliphatic carbocycles. The van der Waals surface area contributed by atoms with Crippen molar-refractivity contribution in [1.29, 1.82) is 0 Å². The summed E-state index contributed by atoms with van der Waals surface area (Å²) in [4.78, 5) is 4.78. The summed E-state index contributed by atoms with van der Waals surface area (Å²) in [6, 6.07) is 0. The maximum Gasteiger partial charge on any atom is 0.223 e. The van der Waals surface area contributed by atoms with Gasteiger partial charge >= 0.3 is 0 Å². The largest absolute Gasteiger partial charge is 0.344 e. The van der Waals surface area contributed by atoms with Gasteiger partial charge in [0.2, 0.25) is 5.79 Å². The van der Waals surface area contributed by atoms with Gasteiger partial charge in [-0.05, 0) is 38.2 Å². The summed E-state index contributed by atoms with van der Waals surface area (Å²) in [5.74, 6) is -0.566. The molecule has 2 atom stereocenters. The number of rotatable bonds is 1. The van der Waals surface area contributed by atoms with Gasteiger partial charge in [0.1, 0.15) is 0 Å². The summed E-state index contributed by atoms with van der Waals surface area (Å²) in [6.45, 7) is 0.682. The highest BCUT2D eigenvalue weighted by molar-refractivity contribution is 5.01. The predicted molar refractivity (Wildman–Crippen MR) is 71.2 cm³/mol. The Kier molecular flexibility index (Phi) is 5.67. The molecule has 0 spiro atoms. The molecule has 3 heteroatoms. The monoisotopic (exact) mass is 254 g/mol. The zero-order chi connectivity index (χ0) is 12.7. The lowest BCUT2D eigenvalue weighted by Gasteiger charge is -2.39. The number of allylic oxidation sites excluding steroid dienone is 1. The van der Waals surface area contributed by atoms with Gasteiger partial charge in [0, 0.05) is 5.92 Å². The van der Waals surface area contributed by atoms with E-state index in [0.29, 0.717) is 12.5 Å². The Morgan fingerprint density at radius 1 is 1.00 bits per heavy atom. The van der Waals surface area contributed by atoms with Gasteiger partial charge < -0.3 is 4.74 Å². The molecule has 104 valence electrons. The average Bonchev–Trinajstić information content (AvgIpc) is 2.40. The second kappa shape index (κ2) is 7.27.